The van der Waals surface area contributed by atoms with E-state index in [4.69, 9.17) is 5.73 Å². The topological polar surface area (TPSA) is 118 Å². The summed E-state index contributed by atoms with van der Waals surface area (Å²) in [5, 5.41) is 11.8. The van der Waals surface area contributed by atoms with Crippen LogP contribution in [0.3, 0.4) is 0 Å². The van der Waals surface area contributed by atoms with Crippen LogP contribution in [0.2, 0.25) is 0 Å². The van der Waals surface area contributed by atoms with Crippen LogP contribution >= 0.6 is 0 Å². The van der Waals surface area contributed by atoms with Crippen LogP contribution in [0.5, 0.6) is 0 Å². The van der Waals surface area contributed by atoms with Gasteiger partial charge in [0.1, 0.15) is 11.6 Å². The third-order valence-electron chi connectivity index (χ3n) is 5.01. The molecule has 0 saturated carbocycles. The minimum absolute atomic E-state index is 0.0828. The molecule has 9 nitrogen and oxygen atoms in total. The van der Waals surface area contributed by atoms with E-state index in [1.807, 2.05) is 24.3 Å². The lowest BCUT2D eigenvalue weighted by Crippen LogP contribution is -2.48. The zero-order valence-electron chi connectivity index (χ0n) is 15.7. The number of nitrogen functional groups attached to an aromatic ring is 1. The summed E-state index contributed by atoms with van der Waals surface area (Å²) in [5.41, 5.74) is 7.11. The molecule has 0 aliphatic carbocycles. The van der Waals surface area contributed by atoms with Crippen molar-refractivity contribution in [3.05, 3.63) is 70.0 Å². The van der Waals surface area contributed by atoms with E-state index in [2.05, 4.69) is 14.9 Å². The summed E-state index contributed by atoms with van der Waals surface area (Å²) in [7, 11) is 0. The van der Waals surface area contributed by atoms with Gasteiger partial charge in [0.25, 0.3) is 11.6 Å². The van der Waals surface area contributed by atoms with Crippen LogP contribution in [0, 0.1) is 10.1 Å². The molecule has 1 aliphatic heterocycles. The molecule has 3 aromatic rings. The van der Waals surface area contributed by atoms with Gasteiger partial charge in [0, 0.05) is 49.3 Å². The van der Waals surface area contributed by atoms with Gasteiger partial charge in [-0.15, -0.1) is 0 Å². The molecule has 1 aromatic heterocycles. The van der Waals surface area contributed by atoms with Gasteiger partial charge in [-0.3, -0.25) is 19.8 Å². The maximum Gasteiger partial charge on any atom is 0.270 e. The minimum atomic E-state index is -0.496. The zero-order chi connectivity index (χ0) is 20.4. The first-order valence-electron chi connectivity index (χ1n) is 9.28. The van der Waals surface area contributed by atoms with Crippen molar-refractivity contribution in [3.8, 4) is 0 Å². The summed E-state index contributed by atoms with van der Waals surface area (Å²) in [6, 6.07) is 13.5. The second-order valence-corrected chi connectivity index (χ2v) is 6.92. The Kier molecular flexibility index (Phi) is 5.05. The molecule has 0 bridgehead atoms. The van der Waals surface area contributed by atoms with E-state index in [0.717, 1.165) is 10.9 Å². The lowest BCUT2D eigenvalue weighted by atomic mass is 10.1. The van der Waals surface area contributed by atoms with Crippen molar-refractivity contribution in [2.24, 2.45) is 0 Å². The lowest BCUT2D eigenvalue weighted by molar-refractivity contribution is -0.384. The number of carbonyl (C=O) groups excluding carboxylic acids is 1. The Hall–Kier alpha value is -3.59. The molecule has 0 atom stereocenters. The highest BCUT2D eigenvalue weighted by Crippen LogP contribution is 2.19. The van der Waals surface area contributed by atoms with Crippen LogP contribution in [0.15, 0.2) is 48.5 Å². The van der Waals surface area contributed by atoms with Crippen molar-refractivity contribution in [1.82, 2.24) is 19.8 Å². The van der Waals surface area contributed by atoms with E-state index >= 15 is 0 Å². The number of nitrogens with zero attached hydrogens (tertiary/aromatic N) is 5. The molecule has 1 amide bonds. The van der Waals surface area contributed by atoms with Gasteiger partial charge in [-0.1, -0.05) is 18.2 Å². The number of carbonyl (C=O) groups is 1. The molecule has 0 spiro atoms. The number of para-hydroxylation sites is 1. The summed E-state index contributed by atoms with van der Waals surface area (Å²) in [4.78, 5) is 36.0. The molecule has 1 aliphatic rings. The van der Waals surface area contributed by atoms with Gasteiger partial charge in [0.05, 0.1) is 17.0 Å². The van der Waals surface area contributed by atoms with Crippen LogP contribution in [0.25, 0.3) is 10.9 Å². The predicted octanol–water partition coefficient (Wildman–Crippen LogP) is 2.08. The predicted molar refractivity (Wildman–Crippen MR) is 108 cm³/mol. The van der Waals surface area contributed by atoms with E-state index in [1.54, 1.807) is 11.0 Å². The van der Waals surface area contributed by atoms with Crippen LogP contribution in [0.4, 0.5) is 11.5 Å². The molecule has 0 unspecified atom stereocenters. The van der Waals surface area contributed by atoms with E-state index in [0.29, 0.717) is 49.9 Å². The number of nitro benzene ring substituents is 1. The fraction of sp³-hybridized carbons (Fsp3) is 0.250. The Morgan fingerprint density at radius 1 is 1.07 bits per heavy atom. The number of benzene rings is 2. The Labute approximate surface area is 166 Å². The minimum Gasteiger partial charge on any atom is -0.383 e. The Bertz CT molecular complexity index is 1080. The number of hydrogen-bond donors (Lipinski definition) is 1. The fourth-order valence-corrected chi connectivity index (χ4v) is 3.47. The average molecular weight is 392 g/mol. The summed E-state index contributed by atoms with van der Waals surface area (Å²) in [6.45, 7) is 2.94. The van der Waals surface area contributed by atoms with E-state index in [-0.39, 0.29) is 11.6 Å². The highest BCUT2D eigenvalue weighted by Gasteiger charge is 2.24. The molecule has 4 rings (SSSR count). The van der Waals surface area contributed by atoms with Crippen molar-refractivity contribution in [1.29, 1.82) is 0 Å². The number of fused-ring (bicyclic) bond motifs is 1. The Morgan fingerprint density at radius 2 is 1.83 bits per heavy atom. The average Bonchev–Trinajstić information content (AvgIpc) is 2.74. The van der Waals surface area contributed by atoms with Crippen molar-refractivity contribution < 1.29 is 9.72 Å². The molecule has 0 radical (unpaired) electrons. The maximum atomic E-state index is 12.7. The third kappa shape index (κ3) is 3.99. The second kappa shape index (κ2) is 7.80. The molecule has 29 heavy (non-hydrogen) atoms. The van der Waals surface area contributed by atoms with Gasteiger partial charge in [-0.25, -0.2) is 9.97 Å². The van der Waals surface area contributed by atoms with E-state index in [1.165, 1.54) is 18.2 Å². The van der Waals surface area contributed by atoms with Crippen LogP contribution in [0.1, 0.15) is 16.2 Å². The highest BCUT2D eigenvalue weighted by atomic mass is 16.6. The quantitative estimate of drug-likeness (QED) is 0.533. The first kappa shape index (κ1) is 18.8. The SMILES string of the molecule is Nc1nc(CN2CCN(C(=O)c3cccc([N+](=O)[O-])c3)CC2)nc2ccccc12. The summed E-state index contributed by atoms with van der Waals surface area (Å²) < 4.78 is 0. The Balaban J connectivity index is 1.40. The van der Waals surface area contributed by atoms with Gasteiger partial charge < -0.3 is 10.6 Å². The number of rotatable bonds is 4. The third-order valence-corrected chi connectivity index (χ3v) is 5.01. The molecule has 2 aromatic carbocycles. The summed E-state index contributed by atoms with van der Waals surface area (Å²) in [5.74, 6) is 0.921. The smallest absolute Gasteiger partial charge is 0.270 e. The van der Waals surface area contributed by atoms with Crippen molar-refractivity contribution in [2.75, 3.05) is 31.9 Å². The summed E-state index contributed by atoms with van der Waals surface area (Å²) in [6.07, 6.45) is 0. The number of amides is 1. The van der Waals surface area contributed by atoms with Crippen molar-refractivity contribution in [2.45, 2.75) is 6.54 Å². The van der Waals surface area contributed by atoms with Gasteiger partial charge in [-0.05, 0) is 18.2 Å². The maximum absolute atomic E-state index is 12.7. The molecule has 1 saturated heterocycles. The van der Waals surface area contributed by atoms with Crippen molar-refractivity contribution in [3.63, 3.8) is 0 Å². The first-order valence-corrected chi connectivity index (χ1v) is 9.28. The second-order valence-electron chi connectivity index (χ2n) is 6.92. The van der Waals surface area contributed by atoms with Gasteiger partial charge in [0.15, 0.2) is 0 Å². The van der Waals surface area contributed by atoms with Crippen LogP contribution < -0.4 is 5.73 Å². The highest BCUT2D eigenvalue weighted by molar-refractivity contribution is 5.95. The number of nitrogens with two attached hydrogens (primary N) is 1. The van der Waals surface area contributed by atoms with Gasteiger partial charge in [0.2, 0.25) is 0 Å². The van der Waals surface area contributed by atoms with Gasteiger partial charge in [-0.2, -0.15) is 0 Å². The van der Waals surface area contributed by atoms with Gasteiger partial charge >= 0.3 is 0 Å². The van der Waals surface area contributed by atoms with E-state index in [9.17, 15) is 14.9 Å². The van der Waals surface area contributed by atoms with Crippen LogP contribution in [-0.4, -0.2) is 56.8 Å². The first-order chi connectivity index (χ1) is 14.0. The number of hydrogen-bond acceptors (Lipinski definition) is 7. The molecule has 1 fully saturated rings. The van der Waals surface area contributed by atoms with Crippen molar-refractivity contribution >= 4 is 28.3 Å². The molecule has 2 N–H and O–H groups in total. The lowest BCUT2D eigenvalue weighted by Gasteiger charge is -2.34. The molecule has 2 heterocycles. The number of nitro groups is 1. The molecular weight excluding hydrogens is 372 g/mol. The standard InChI is InChI=1S/C20H20N6O3/c21-19-16-6-1-2-7-17(16)22-18(23-19)13-24-8-10-25(11-9-24)20(27)14-4-3-5-15(12-14)26(28)29/h1-7,12H,8-11,13H2,(H2,21,22,23). The van der Waals surface area contributed by atoms with E-state index < -0.39 is 4.92 Å². The molecule has 148 valence electrons. The number of non-ortho nitro benzene ring substituents is 1. The normalized spacial score (nSPS) is 14.8. The Morgan fingerprint density at radius 3 is 2.59 bits per heavy atom. The zero-order valence-corrected chi connectivity index (χ0v) is 15.7. The molecule has 9 heteroatoms. The number of aromatic nitrogens is 2. The number of piperazine rings is 1. The number of anilines is 1. The van der Waals surface area contributed by atoms with Crippen LogP contribution in [-0.2, 0) is 6.54 Å². The summed E-state index contributed by atoms with van der Waals surface area (Å²) >= 11 is 0. The largest absolute Gasteiger partial charge is 0.383 e. The molecular formula is C20H20N6O3. The fourth-order valence-electron chi connectivity index (χ4n) is 3.47. The monoisotopic (exact) mass is 392 g/mol.